The molecule has 1 aromatic carbocycles. The SMILES string of the molecule is COC(=O)CC[C@H](NC(=O)c1ccc(-n2cnnc2)cc1)C(=O)O. The Morgan fingerprint density at radius 3 is 2.38 bits per heavy atom. The average Bonchev–Trinajstić information content (AvgIpc) is 3.12. The molecule has 0 aliphatic heterocycles. The highest BCUT2D eigenvalue weighted by Crippen LogP contribution is 2.09. The van der Waals surface area contributed by atoms with E-state index in [0.29, 0.717) is 5.56 Å². The zero-order valence-corrected chi connectivity index (χ0v) is 12.9. The third-order valence-electron chi connectivity index (χ3n) is 3.31. The fourth-order valence-corrected chi connectivity index (χ4v) is 1.98. The lowest BCUT2D eigenvalue weighted by Crippen LogP contribution is -2.41. The first kappa shape index (κ1) is 17.1. The summed E-state index contributed by atoms with van der Waals surface area (Å²) in [5, 5.41) is 18.9. The molecule has 2 rings (SSSR count). The molecule has 0 bridgehead atoms. The normalized spacial score (nSPS) is 11.5. The molecule has 9 nitrogen and oxygen atoms in total. The summed E-state index contributed by atoms with van der Waals surface area (Å²) in [4.78, 5) is 34.4. The highest BCUT2D eigenvalue weighted by atomic mass is 16.5. The number of carbonyl (C=O) groups is 3. The Bertz CT molecular complexity index is 712. The molecule has 9 heteroatoms. The minimum absolute atomic E-state index is 0.0491. The molecule has 0 radical (unpaired) electrons. The molecule has 0 spiro atoms. The van der Waals surface area contributed by atoms with Gasteiger partial charge in [-0.25, -0.2) is 4.79 Å². The monoisotopic (exact) mass is 332 g/mol. The van der Waals surface area contributed by atoms with E-state index in [-0.39, 0.29) is 12.8 Å². The van der Waals surface area contributed by atoms with Gasteiger partial charge < -0.3 is 15.2 Å². The number of hydrogen-bond acceptors (Lipinski definition) is 6. The van der Waals surface area contributed by atoms with E-state index in [0.717, 1.165) is 5.69 Å². The largest absolute Gasteiger partial charge is 0.480 e. The Morgan fingerprint density at radius 2 is 1.83 bits per heavy atom. The van der Waals surface area contributed by atoms with Crippen LogP contribution in [0.5, 0.6) is 0 Å². The first-order valence-corrected chi connectivity index (χ1v) is 7.07. The minimum Gasteiger partial charge on any atom is -0.480 e. The van der Waals surface area contributed by atoms with Crippen LogP contribution in [0.4, 0.5) is 0 Å². The van der Waals surface area contributed by atoms with E-state index in [1.54, 1.807) is 28.8 Å². The third kappa shape index (κ3) is 4.38. The van der Waals surface area contributed by atoms with Gasteiger partial charge in [0.05, 0.1) is 7.11 Å². The van der Waals surface area contributed by atoms with Crippen molar-refractivity contribution >= 4 is 17.8 Å². The maximum Gasteiger partial charge on any atom is 0.326 e. The summed E-state index contributed by atoms with van der Waals surface area (Å²) in [7, 11) is 1.22. The number of amides is 1. The van der Waals surface area contributed by atoms with E-state index < -0.39 is 23.9 Å². The minimum atomic E-state index is -1.21. The molecule has 2 N–H and O–H groups in total. The quantitative estimate of drug-likeness (QED) is 0.703. The van der Waals surface area contributed by atoms with E-state index in [9.17, 15) is 14.4 Å². The molecule has 126 valence electrons. The summed E-state index contributed by atoms with van der Waals surface area (Å²) in [5.74, 6) is -2.29. The average molecular weight is 332 g/mol. The zero-order valence-electron chi connectivity index (χ0n) is 12.9. The molecule has 1 heterocycles. The van der Waals surface area contributed by atoms with E-state index in [4.69, 9.17) is 5.11 Å². The first-order valence-electron chi connectivity index (χ1n) is 7.07. The highest BCUT2D eigenvalue weighted by Gasteiger charge is 2.21. The zero-order chi connectivity index (χ0) is 17.5. The Morgan fingerprint density at radius 1 is 1.21 bits per heavy atom. The van der Waals surface area contributed by atoms with Crippen LogP contribution >= 0.6 is 0 Å². The molecule has 1 amide bonds. The van der Waals surface area contributed by atoms with Gasteiger partial charge in [-0.15, -0.1) is 10.2 Å². The van der Waals surface area contributed by atoms with Crippen molar-refractivity contribution in [3.63, 3.8) is 0 Å². The van der Waals surface area contributed by atoms with Gasteiger partial charge in [-0.05, 0) is 30.7 Å². The van der Waals surface area contributed by atoms with Crippen molar-refractivity contribution in [2.45, 2.75) is 18.9 Å². The third-order valence-corrected chi connectivity index (χ3v) is 3.31. The van der Waals surface area contributed by atoms with Crippen molar-refractivity contribution in [3.05, 3.63) is 42.5 Å². The number of ether oxygens (including phenoxy) is 1. The van der Waals surface area contributed by atoms with Crippen molar-refractivity contribution in [2.75, 3.05) is 7.11 Å². The maximum atomic E-state index is 12.1. The smallest absolute Gasteiger partial charge is 0.326 e. The van der Waals surface area contributed by atoms with Gasteiger partial charge in [-0.3, -0.25) is 14.2 Å². The van der Waals surface area contributed by atoms with Crippen molar-refractivity contribution in [1.82, 2.24) is 20.1 Å². The fraction of sp³-hybridized carbons (Fsp3) is 0.267. The number of nitrogens with one attached hydrogen (secondary N) is 1. The number of hydrogen-bond donors (Lipinski definition) is 2. The van der Waals surface area contributed by atoms with Crippen molar-refractivity contribution in [1.29, 1.82) is 0 Å². The Balaban J connectivity index is 2.01. The van der Waals surface area contributed by atoms with Gasteiger partial charge in [0.1, 0.15) is 18.7 Å². The van der Waals surface area contributed by atoms with E-state index in [1.165, 1.54) is 19.8 Å². The molecular formula is C15H16N4O5. The molecule has 2 aromatic rings. The molecule has 1 aromatic heterocycles. The number of aromatic nitrogens is 3. The number of aliphatic carboxylic acids is 1. The number of carboxylic acids is 1. The highest BCUT2D eigenvalue weighted by molar-refractivity contribution is 5.96. The first-order chi connectivity index (χ1) is 11.5. The number of benzene rings is 1. The van der Waals surface area contributed by atoms with E-state index >= 15 is 0 Å². The Hall–Kier alpha value is -3.23. The lowest BCUT2D eigenvalue weighted by molar-refractivity contribution is -0.142. The second-order valence-corrected chi connectivity index (χ2v) is 4.90. The summed E-state index contributed by atoms with van der Waals surface area (Å²) in [6.07, 6.45) is 2.89. The van der Waals surface area contributed by atoms with Gasteiger partial charge in [0, 0.05) is 17.7 Å². The van der Waals surface area contributed by atoms with Gasteiger partial charge >= 0.3 is 11.9 Å². The van der Waals surface area contributed by atoms with Crippen molar-refractivity contribution in [2.24, 2.45) is 0 Å². The van der Waals surface area contributed by atoms with Crippen molar-refractivity contribution in [3.8, 4) is 5.69 Å². The lowest BCUT2D eigenvalue weighted by atomic mass is 10.1. The van der Waals surface area contributed by atoms with Gasteiger partial charge in [-0.1, -0.05) is 0 Å². The summed E-state index contributed by atoms with van der Waals surface area (Å²) in [6, 6.07) is 5.31. The summed E-state index contributed by atoms with van der Waals surface area (Å²) >= 11 is 0. The van der Waals surface area contributed by atoms with Crippen LogP contribution in [-0.2, 0) is 14.3 Å². The second kappa shape index (κ2) is 7.86. The summed E-state index contributed by atoms with van der Waals surface area (Å²) in [5.41, 5.74) is 1.06. The van der Waals surface area contributed by atoms with Crippen LogP contribution in [-0.4, -0.2) is 50.9 Å². The van der Waals surface area contributed by atoms with Gasteiger partial charge in [0.15, 0.2) is 0 Å². The molecule has 0 saturated heterocycles. The lowest BCUT2D eigenvalue weighted by Gasteiger charge is -2.14. The van der Waals surface area contributed by atoms with Gasteiger partial charge in [0.2, 0.25) is 0 Å². The van der Waals surface area contributed by atoms with Crippen LogP contribution < -0.4 is 5.32 Å². The number of nitrogens with zero attached hydrogens (tertiary/aromatic N) is 3. The second-order valence-electron chi connectivity index (χ2n) is 4.90. The molecule has 0 unspecified atom stereocenters. The van der Waals surface area contributed by atoms with Crippen LogP contribution in [0.3, 0.4) is 0 Å². The van der Waals surface area contributed by atoms with Crippen LogP contribution in [0.2, 0.25) is 0 Å². The molecule has 0 aliphatic carbocycles. The summed E-state index contributed by atoms with van der Waals surface area (Å²) in [6.45, 7) is 0. The Kier molecular flexibility index (Phi) is 5.61. The van der Waals surface area contributed by atoms with Crippen LogP contribution in [0.15, 0.2) is 36.9 Å². The molecule has 0 fully saturated rings. The van der Waals surface area contributed by atoms with E-state index in [2.05, 4.69) is 20.3 Å². The maximum absolute atomic E-state index is 12.1. The predicted octanol–water partition coefficient (Wildman–Crippen LogP) is 0.403. The van der Waals surface area contributed by atoms with Crippen LogP contribution in [0.1, 0.15) is 23.2 Å². The number of methoxy groups -OCH3 is 1. The molecule has 0 aliphatic rings. The van der Waals surface area contributed by atoms with Crippen LogP contribution in [0, 0.1) is 0 Å². The molecule has 24 heavy (non-hydrogen) atoms. The van der Waals surface area contributed by atoms with Gasteiger partial charge in [0.25, 0.3) is 5.91 Å². The molecular weight excluding hydrogens is 316 g/mol. The Labute approximate surface area is 137 Å². The van der Waals surface area contributed by atoms with E-state index in [1.807, 2.05) is 0 Å². The number of carboxylic acid groups (broad SMARTS) is 1. The fourth-order valence-electron chi connectivity index (χ4n) is 1.98. The van der Waals surface area contributed by atoms with Crippen molar-refractivity contribution < 1.29 is 24.2 Å². The van der Waals surface area contributed by atoms with Crippen LogP contribution in [0.25, 0.3) is 5.69 Å². The number of esters is 1. The number of carbonyl (C=O) groups excluding carboxylic acids is 2. The molecule has 1 atom stereocenters. The predicted molar refractivity (Wildman–Crippen MR) is 81.5 cm³/mol. The topological polar surface area (TPSA) is 123 Å². The summed E-state index contributed by atoms with van der Waals surface area (Å²) < 4.78 is 6.13. The van der Waals surface area contributed by atoms with Gasteiger partial charge in [-0.2, -0.15) is 0 Å². The molecule has 0 saturated carbocycles. The number of rotatable bonds is 7. The standard InChI is InChI=1S/C15H16N4O5/c1-24-13(20)7-6-12(15(22)23)18-14(21)10-2-4-11(5-3-10)19-8-16-17-9-19/h2-5,8-9,12H,6-7H2,1H3,(H,18,21)(H,22,23)/t12-/m0/s1.